The van der Waals surface area contributed by atoms with Gasteiger partial charge in [-0.1, -0.05) is 22.4 Å². The van der Waals surface area contributed by atoms with Crippen LogP contribution in [0.2, 0.25) is 0 Å². The molecule has 0 saturated carbocycles. The molecule has 1 heterocycles. The summed E-state index contributed by atoms with van der Waals surface area (Å²) < 4.78 is 0. The van der Waals surface area contributed by atoms with Crippen molar-refractivity contribution in [3.05, 3.63) is 0 Å². The van der Waals surface area contributed by atoms with Crippen LogP contribution >= 0.6 is 15.9 Å². The van der Waals surface area contributed by atoms with Crippen LogP contribution in [0.1, 0.15) is 33.1 Å². The minimum atomic E-state index is 0.720. The Morgan fingerprint density at radius 3 is 2.64 bits per heavy atom. The lowest BCUT2D eigenvalue weighted by molar-refractivity contribution is 0.127. The second-order valence-corrected chi connectivity index (χ2v) is 4.28. The lowest BCUT2D eigenvalue weighted by Crippen LogP contribution is -2.44. The Kier molecular flexibility index (Phi) is 3.86. The van der Waals surface area contributed by atoms with Gasteiger partial charge in [-0.2, -0.15) is 0 Å². The first-order valence-electron chi connectivity index (χ1n) is 4.57. The van der Waals surface area contributed by atoms with Gasteiger partial charge in [0.1, 0.15) is 0 Å². The fourth-order valence-corrected chi connectivity index (χ4v) is 2.56. The zero-order valence-electron chi connectivity index (χ0n) is 7.52. The van der Waals surface area contributed by atoms with Crippen molar-refractivity contribution >= 4 is 15.9 Å². The van der Waals surface area contributed by atoms with E-state index in [9.17, 15) is 0 Å². The van der Waals surface area contributed by atoms with Crippen molar-refractivity contribution in [1.29, 1.82) is 0 Å². The number of likely N-dealkylation sites (tertiary alicyclic amines) is 1. The van der Waals surface area contributed by atoms with E-state index >= 15 is 0 Å². The normalized spacial score (nSPS) is 27.8. The van der Waals surface area contributed by atoms with Crippen LogP contribution in [0.4, 0.5) is 0 Å². The molecular weight excluding hydrogens is 202 g/mol. The lowest BCUT2D eigenvalue weighted by atomic mass is 10.0. The standard InChI is InChI=1S/C9H18BrN/c1-8(2)11-6-4-3-5-9(11)7-10/h8-9H,3-7H2,1-2H3/t9-/m1/s1. The third-order valence-electron chi connectivity index (χ3n) is 2.51. The summed E-state index contributed by atoms with van der Waals surface area (Å²) in [4.78, 5) is 2.61. The molecule has 0 aromatic carbocycles. The summed E-state index contributed by atoms with van der Waals surface area (Å²) in [6.45, 7) is 5.88. The molecule has 66 valence electrons. The molecule has 0 amide bonds. The lowest BCUT2D eigenvalue weighted by Gasteiger charge is -2.37. The summed E-state index contributed by atoms with van der Waals surface area (Å²) >= 11 is 3.58. The van der Waals surface area contributed by atoms with E-state index in [2.05, 4.69) is 34.7 Å². The number of nitrogens with zero attached hydrogens (tertiary/aromatic N) is 1. The number of hydrogen-bond donors (Lipinski definition) is 0. The zero-order valence-corrected chi connectivity index (χ0v) is 9.10. The van der Waals surface area contributed by atoms with Gasteiger partial charge in [0, 0.05) is 17.4 Å². The van der Waals surface area contributed by atoms with Crippen molar-refractivity contribution in [3.8, 4) is 0 Å². The summed E-state index contributed by atoms with van der Waals surface area (Å²) in [5, 5.41) is 1.14. The highest BCUT2D eigenvalue weighted by Gasteiger charge is 2.22. The third-order valence-corrected chi connectivity index (χ3v) is 3.26. The molecular formula is C9H18BrN. The van der Waals surface area contributed by atoms with E-state index in [1.54, 1.807) is 0 Å². The van der Waals surface area contributed by atoms with E-state index < -0.39 is 0 Å². The fourth-order valence-electron chi connectivity index (χ4n) is 1.87. The van der Waals surface area contributed by atoms with Crippen molar-refractivity contribution in [1.82, 2.24) is 4.90 Å². The molecule has 0 bridgehead atoms. The fraction of sp³-hybridized carbons (Fsp3) is 1.00. The molecule has 11 heavy (non-hydrogen) atoms. The van der Waals surface area contributed by atoms with Crippen LogP contribution in [0.15, 0.2) is 0 Å². The van der Waals surface area contributed by atoms with E-state index in [1.807, 2.05) is 0 Å². The van der Waals surface area contributed by atoms with Crippen LogP contribution in [0.25, 0.3) is 0 Å². The maximum absolute atomic E-state index is 3.58. The third kappa shape index (κ3) is 2.45. The minimum absolute atomic E-state index is 0.720. The minimum Gasteiger partial charge on any atom is -0.297 e. The predicted octanol–water partition coefficient (Wildman–Crippen LogP) is 2.64. The van der Waals surface area contributed by atoms with Gasteiger partial charge >= 0.3 is 0 Å². The van der Waals surface area contributed by atoms with Gasteiger partial charge in [0.25, 0.3) is 0 Å². The first-order chi connectivity index (χ1) is 5.25. The molecule has 1 nitrogen and oxygen atoms in total. The van der Waals surface area contributed by atoms with E-state index in [-0.39, 0.29) is 0 Å². The van der Waals surface area contributed by atoms with Crippen molar-refractivity contribution < 1.29 is 0 Å². The van der Waals surface area contributed by atoms with Crippen molar-refractivity contribution in [3.63, 3.8) is 0 Å². The predicted molar refractivity (Wildman–Crippen MR) is 53.3 cm³/mol. The number of piperidine rings is 1. The Balaban J connectivity index is 2.44. The highest BCUT2D eigenvalue weighted by Crippen LogP contribution is 2.20. The Morgan fingerprint density at radius 1 is 1.45 bits per heavy atom. The number of hydrogen-bond acceptors (Lipinski definition) is 1. The Labute approximate surface area is 78.3 Å². The molecule has 1 rings (SSSR count). The van der Waals surface area contributed by atoms with Gasteiger partial charge in [0.15, 0.2) is 0 Å². The molecule has 0 N–H and O–H groups in total. The maximum atomic E-state index is 3.58. The second kappa shape index (κ2) is 4.46. The van der Waals surface area contributed by atoms with Crippen LogP contribution in [0.5, 0.6) is 0 Å². The quantitative estimate of drug-likeness (QED) is 0.646. The molecule has 1 saturated heterocycles. The largest absolute Gasteiger partial charge is 0.297 e. The van der Waals surface area contributed by atoms with Gasteiger partial charge < -0.3 is 0 Å². The molecule has 1 atom stereocenters. The average molecular weight is 220 g/mol. The van der Waals surface area contributed by atoms with Gasteiger partial charge in [0.2, 0.25) is 0 Å². The van der Waals surface area contributed by atoms with Crippen molar-refractivity contribution in [2.75, 3.05) is 11.9 Å². The van der Waals surface area contributed by atoms with E-state index in [0.717, 1.165) is 17.4 Å². The number of alkyl halides is 1. The number of halogens is 1. The molecule has 1 aliphatic heterocycles. The van der Waals surface area contributed by atoms with E-state index in [1.165, 1.54) is 25.8 Å². The van der Waals surface area contributed by atoms with Crippen LogP contribution in [-0.2, 0) is 0 Å². The summed E-state index contributed by atoms with van der Waals surface area (Å²) in [6.07, 6.45) is 4.19. The summed E-state index contributed by atoms with van der Waals surface area (Å²) in [5.74, 6) is 0. The zero-order chi connectivity index (χ0) is 8.27. The van der Waals surface area contributed by atoms with Crippen molar-refractivity contribution in [2.24, 2.45) is 0 Å². The topological polar surface area (TPSA) is 3.24 Å². The van der Waals surface area contributed by atoms with Crippen LogP contribution in [0, 0.1) is 0 Å². The molecule has 0 radical (unpaired) electrons. The highest BCUT2D eigenvalue weighted by atomic mass is 79.9. The van der Waals surface area contributed by atoms with Crippen LogP contribution in [0.3, 0.4) is 0 Å². The molecule has 0 spiro atoms. The SMILES string of the molecule is CC(C)N1CCCC[C@@H]1CBr. The summed E-state index contributed by atoms with van der Waals surface area (Å²) in [7, 11) is 0. The maximum Gasteiger partial charge on any atom is 0.0195 e. The second-order valence-electron chi connectivity index (χ2n) is 3.64. The highest BCUT2D eigenvalue weighted by molar-refractivity contribution is 9.09. The van der Waals surface area contributed by atoms with Gasteiger partial charge in [0.05, 0.1) is 0 Å². The molecule has 0 aliphatic carbocycles. The summed E-state index contributed by atoms with van der Waals surface area (Å²) in [6, 6.07) is 1.52. The monoisotopic (exact) mass is 219 g/mol. The smallest absolute Gasteiger partial charge is 0.0195 e. The molecule has 1 aliphatic rings. The van der Waals surface area contributed by atoms with Crippen LogP contribution < -0.4 is 0 Å². The Morgan fingerprint density at radius 2 is 2.18 bits per heavy atom. The Hall–Kier alpha value is 0.440. The van der Waals surface area contributed by atoms with Gasteiger partial charge in [-0.15, -0.1) is 0 Å². The van der Waals surface area contributed by atoms with Crippen LogP contribution in [-0.4, -0.2) is 28.9 Å². The average Bonchev–Trinajstić information content (AvgIpc) is 2.04. The molecule has 1 fully saturated rings. The van der Waals surface area contributed by atoms with Gasteiger partial charge in [-0.05, 0) is 33.2 Å². The van der Waals surface area contributed by atoms with E-state index in [4.69, 9.17) is 0 Å². The van der Waals surface area contributed by atoms with E-state index in [0.29, 0.717) is 0 Å². The summed E-state index contributed by atoms with van der Waals surface area (Å²) in [5.41, 5.74) is 0. The van der Waals surface area contributed by atoms with Crippen molar-refractivity contribution in [2.45, 2.75) is 45.2 Å². The Bertz CT molecular complexity index is 114. The molecule has 0 aromatic rings. The molecule has 0 unspecified atom stereocenters. The number of rotatable bonds is 2. The first-order valence-corrected chi connectivity index (χ1v) is 5.69. The van der Waals surface area contributed by atoms with Gasteiger partial charge in [-0.25, -0.2) is 0 Å². The van der Waals surface area contributed by atoms with Gasteiger partial charge in [-0.3, -0.25) is 4.90 Å². The molecule has 0 aromatic heterocycles. The molecule has 2 heteroatoms. The first kappa shape index (κ1) is 9.53.